The van der Waals surface area contributed by atoms with Crippen molar-refractivity contribution < 1.29 is 18.7 Å². The van der Waals surface area contributed by atoms with Crippen LogP contribution in [0.1, 0.15) is 17.0 Å². The average Bonchev–Trinajstić information content (AvgIpc) is 2.67. The van der Waals surface area contributed by atoms with Gasteiger partial charge in [0.1, 0.15) is 5.75 Å². The van der Waals surface area contributed by atoms with Crippen molar-refractivity contribution in [3.05, 3.63) is 71.3 Å². The molecule has 3 aromatic rings. The lowest BCUT2D eigenvalue weighted by atomic mass is 10.1. The van der Waals surface area contributed by atoms with E-state index in [2.05, 4.69) is 15.3 Å². The van der Waals surface area contributed by atoms with Crippen molar-refractivity contribution in [2.75, 3.05) is 12.4 Å². The molecule has 0 atom stereocenters. The molecule has 0 aliphatic carbocycles. The zero-order chi connectivity index (χ0) is 20.1. The van der Waals surface area contributed by atoms with Crippen molar-refractivity contribution >= 4 is 11.6 Å². The first-order chi connectivity index (χ1) is 13.5. The number of carbonyl (C=O) groups excluding carboxylic acids is 1. The van der Waals surface area contributed by atoms with Crippen molar-refractivity contribution in [3.8, 4) is 17.5 Å². The third kappa shape index (κ3) is 4.43. The maximum absolute atomic E-state index is 13.7. The second kappa shape index (κ2) is 8.47. The van der Waals surface area contributed by atoms with E-state index in [0.29, 0.717) is 22.8 Å². The number of aromatic nitrogens is 2. The van der Waals surface area contributed by atoms with E-state index in [0.717, 1.165) is 5.56 Å². The zero-order valence-electron chi connectivity index (χ0n) is 15.8. The lowest BCUT2D eigenvalue weighted by Gasteiger charge is -2.13. The molecule has 1 amide bonds. The van der Waals surface area contributed by atoms with Crippen molar-refractivity contribution in [2.45, 2.75) is 20.3 Å². The highest BCUT2D eigenvalue weighted by Gasteiger charge is 2.15. The van der Waals surface area contributed by atoms with Gasteiger partial charge in [0.2, 0.25) is 5.91 Å². The van der Waals surface area contributed by atoms with Gasteiger partial charge in [-0.2, -0.15) is 9.97 Å². The topological polar surface area (TPSA) is 73.3 Å². The Morgan fingerprint density at radius 3 is 2.25 bits per heavy atom. The van der Waals surface area contributed by atoms with E-state index in [1.807, 2.05) is 18.2 Å². The Morgan fingerprint density at radius 1 is 1.00 bits per heavy atom. The second-order valence-corrected chi connectivity index (χ2v) is 6.12. The molecule has 6 nitrogen and oxygen atoms in total. The molecule has 7 heteroatoms. The molecular formula is C21H20FN3O3. The largest absolute Gasteiger partial charge is 0.496 e. The van der Waals surface area contributed by atoms with Crippen molar-refractivity contribution in [1.82, 2.24) is 9.97 Å². The summed E-state index contributed by atoms with van der Waals surface area (Å²) in [5.74, 6) is -0.0390. The number of benzene rings is 2. The van der Waals surface area contributed by atoms with Crippen molar-refractivity contribution in [1.29, 1.82) is 0 Å². The molecule has 0 radical (unpaired) electrons. The number of anilines is 1. The number of halogens is 1. The molecule has 0 aliphatic heterocycles. The van der Waals surface area contributed by atoms with Crippen LogP contribution in [0.5, 0.6) is 17.5 Å². The summed E-state index contributed by atoms with van der Waals surface area (Å²) in [6, 6.07) is 13.4. The molecule has 144 valence electrons. The highest BCUT2D eigenvalue weighted by Crippen LogP contribution is 2.25. The molecule has 0 saturated carbocycles. The fourth-order valence-corrected chi connectivity index (χ4v) is 2.74. The standard InChI is InChI=1S/C21H20FN3O3/c1-13-20(25-19(26)12-15-8-4-6-10-17(15)27-3)14(2)24-21(23-13)28-18-11-7-5-9-16(18)22/h4-11H,12H2,1-3H3,(H,25,26). The molecule has 1 aromatic heterocycles. The number of hydrogen-bond donors (Lipinski definition) is 1. The minimum Gasteiger partial charge on any atom is -0.496 e. The van der Waals surface area contributed by atoms with Gasteiger partial charge in [-0.15, -0.1) is 0 Å². The first-order valence-electron chi connectivity index (χ1n) is 8.67. The highest BCUT2D eigenvalue weighted by molar-refractivity contribution is 5.93. The van der Waals surface area contributed by atoms with Crippen LogP contribution < -0.4 is 14.8 Å². The number of carbonyl (C=O) groups is 1. The Bertz CT molecular complexity index is 985. The van der Waals surface area contributed by atoms with E-state index in [-0.39, 0.29) is 24.1 Å². The molecule has 1 heterocycles. The Balaban J connectivity index is 1.76. The van der Waals surface area contributed by atoms with Crippen LogP contribution in [0.25, 0.3) is 0 Å². The van der Waals surface area contributed by atoms with Crippen LogP contribution in [0.4, 0.5) is 10.1 Å². The van der Waals surface area contributed by atoms with E-state index >= 15 is 0 Å². The summed E-state index contributed by atoms with van der Waals surface area (Å²) in [4.78, 5) is 20.9. The van der Waals surface area contributed by atoms with Gasteiger partial charge < -0.3 is 14.8 Å². The molecular weight excluding hydrogens is 361 g/mol. The summed E-state index contributed by atoms with van der Waals surface area (Å²) in [5.41, 5.74) is 2.32. The van der Waals surface area contributed by atoms with Crippen LogP contribution in [-0.2, 0) is 11.2 Å². The van der Waals surface area contributed by atoms with Gasteiger partial charge >= 0.3 is 6.01 Å². The predicted octanol–water partition coefficient (Wildman–Crippen LogP) is 4.21. The molecule has 28 heavy (non-hydrogen) atoms. The van der Waals surface area contributed by atoms with Gasteiger partial charge in [0.05, 0.1) is 30.6 Å². The van der Waals surface area contributed by atoms with E-state index < -0.39 is 5.82 Å². The van der Waals surface area contributed by atoms with Crippen LogP contribution in [0.2, 0.25) is 0 Å². The molecule has 0 fully saturated rings. The van der Waals surface area contributed by atoms with Gasteiger partial charge in [0.25, 0.3) is 0 Å². The van der Waals surface area contributed by atoms with E-state index in [1.54, 1.807) is 39.2 Å². The van der Waals surface area contributed by atoms with Crippen molar-refractivity contribution in [3.63, 3.8) is 0 Å². The molecule has 1 N–H and O–H groups in total. The summed E-state index contributed by atoms with van der Waals surface area (Å²) in [6.45, 7) is 3.45. The van der Waals surface area contributed by atoms with Gasteiger partial charge in [-0.3, -0.25) is 4.79 Å². The fraction of sp³-hybridized carbons (Fsp3) is 0.190. The lowest BCUT2D eigenvalue weighted by Crippen LogP contribution is -2.17. The summed E-state index contributed by atoms with van der Waals surface area (Å²) in [7, 11) is 1.56. The highest BCUT2D eigenvalue weighted by atomic mass is 19.1. The van der Waals surface area contributed by atoms with Gasteiger partial charge in [0.15, 0.2) is 11.6 Å². The summed E-state index contributed by atoms with van der Waals surface area (Å²) >= 11 is 0. The summed E-state index contributed by atoms with van der Waals surface area (Å²) in [5, 5.41) is 2.83. The number of hydrogen-bond acceptors (Lipinski definition) is 5. The quantitative estimate of drug-likeness (QED) is 0.692. The fourth-order valence-electron chi connectivity index (χ4n) is 2.74. The van der Waals surface area contributed by atoms with E-state index in [1.165, 1.54) is 12.1 Å². The minimum absolute atomic E-state index is 0.0165. The maximum Gasteiger partial charge on any atom is 0.322 e. The Hall–Kier alpha value is -3.48. The van der Waals surface area contributed by atoms with Crippen molar-refractivity contribution in [2.24, 2.45) is 0 Å². The normalized spacial score (nSPS) is 10.4. The number of nitrogens with zero attached hydrogens (tertiary/aromatic N) is 2. The van der Waals surface area contributed by atoms with Gasteiger partial charge in [-0.1, -0.05) is 30.3 Å². The Labute approximate surface area is 162 Å². The third-order valence-electron chi connectivity index (χ3n) is 4.10. The number of methoxy groups -OCH3 is 1. The number of para-hydroxylation sites is 2. The molecule has 0 spiro atoms. The number of rotatable bonds is 6. The smallest absolute Gasteiger partial charge is 0.322 e. The lowest BCUT2D eigenvalue weighted by molar-refractivity contribution is -0.115. The molecule has 0 aliphatic rings. The number of amides is 1. The summed E-state index contributed by atoms with van der Waals surface area (Å²) < 4.78 is 24.5. The Kier molecular flexibility index (Phi) is 5.84. The number of aryl methyl sites for hydroxylation is 2. The van der Waals surface area contributed by atoms with Crippen LogP contribution in [0.15, 0.2) is 48.5 Å². The van der Waals surface area contributed by atoms with Crippen LogP contribution in [-0.4, -0.2) is 23.0 Å². The average molecular weight is 381 g/mol. The SMILES string of the molecule is COc1ccccc1CC(=O)Nc1c(C)nc(Oc2ccccc2F)nc1C. The second-order valence-electron chi connectivity index (χ2n) is 6.12. The van der Waals surface area contributed by atoms with E-state index in [9.17, 15) is 9.18 Å². The molecule has 0 unspecified atom stereocenters. The summed E-state index contributed by atoms with van der Waals surface area (Å²) in [6.07, 6.45) is 0.149. The van der Waals surface area contributed by atoms with E-state index in [4.69, 9.17) is 9.47 Å². The van der Waals surface area contributed by atoms with Gasteiger partial charge in [-0.25, -0.2) is 4.39 Å². The predicted molar refractivity (Wildman–Crippen MR) is 103 cm³/mol. The first kappa shape index (κ1) is 19.3. The van der Waals surface area contributed by atoms with Gasteiger partial charge in [-0.05, 0) is 32.0 Å². The molecule has 0 bridgehead atoms. The first-order valence-corrected chi connectivity index (χ1v) is 8.67. The number of nitrogens with one attached hydrogen (secondary N) is 1. The van der Waals surface area contributed by atoms with Crippen LogP contribution >= 0.6 is 0 Å². The zero-order valence-corrected chi connectivity index (χ0v) is 15.8. The molecule has 0 saturated heterocycles. The molecule has 3 rings (SSSR count). The Morgan fingerprint density at radius 2 is 1.61 bits per heavy atom. The number of ether oxygens (including phenoxy) is 2. The third-order valence-corrected chi connectivity index (χ3v) is 4.10. The monoisotopic (exact) mass is 381 g/mol. The minimum atomic E-state index is -0.504. The maximum atomic E-state index is 13.7. The molecule has 2 aromatic carbocycles. The van der Waals surface area contributed by atoms with Crippen LogP contribution in [0.3, 0.4) is 0 Å². The van der Waals surface area contributed by atoms with Gasteiger partial charge in [0, 0.05) is 5.56 Å². The van der Waals surface area contributed by atoms with Crippen LogP contribution in [0, 0.1) is 19.7 Å².